The molecule has 138 valence electrons. The number of nitrogens with one attached hydrogen (secondary N) is 1. The third-order valence-corrected chi connectivity index (χ3v) is 4.62. The number of primary amides is 1. The van der Waals surface area contributed by atoms with E-state index in [2.05, 4.69) is 15.3 Å². The van der Waals surface area contributed by atoms with Crippen LogP contribution in [0, 0.1) is 0 Å². The normalized spacial score (nSPS) is 26.5. The van der Waals surface area contributed by atoms with E-state index in [0.717, 1.165) is 24.5 Å². The number of carbonyl (C=O) groups excluding carboxylic acids is 1. The first-order valence-corrected chi connectivity index (χ1v) is 8.51. The Bertz CT molecular complexity index is 613. The lowest BCUT2D eigenvalue weighted by Crippen LogP contribution is -2.48. The molecule has 1 aromatic rings. The van der Waals surface area contributed by atoms with Crippen LogP contribution in [0.15, 0.2) is 12.4 Å². The molecule has 2 aliphatic heterocycles. The number of ether oxygens (including phenoxy) is 2. The second-order valence-corrected chi connectivity index (χ2v) is 6.81. The van der Waals surface area contributed by atoms with Gasteiger partial charge >= 0.3 is 6.03 Å². The standard InChI is InChI=1S/C16H26N6O3/c1-21(2)14-7-13(19-11-20-14)18-8-12-3-4-16(25-12)9-22(15(17)23)5-6-24-10-16/h7,11-12H,3-6,8-10H2,1-2H3,(H2,17,23)(H,18,19,20). The number of hydrogen-bond acceptors (Lipinski definition) is 7. The summed E-state index contributed by atoms with van der Waals surface area (Å²) in [5, 5.41) is 3.30. The zero-order valence-electron chi connectivity index (χ0n) is 14.8. The van der Waals surface area contributed by atoms with E-state index in [1.807, 2.05) is 25.1 Å². The van der Waals surface area contributed by atoms with Crippen LogP contribution >= 0.6 is 0 Å². The third kappa shape index (κ3) is 4.29. The van der Waals surface area contributed by atoms with E-state index >= 15 is 0 Å². The van der Waals surface area contributed by atoms with Gasteiger partial charge in [0.2, 0.25) is 0 Å². The van der Waals surface area contributed by atoms with E-state index in [1.165, 1.54) is 0 Å². The van der Waals surface area contributed by atoms with Gasteiger partial charge in [0.25, 0.3) is 0 Å². The summed E-state index contributed by atoms with van der Waals surface area (Å²) in [4.78, 5) is 23.5. The number of anilines is 2. The minimum Gasteiger partial charge on any atom is -0.377 e. The third-order valence-electron chi connectivity index (χ3n) is 4.62. The Labute approximate surface area is 147 Å². The topological polar surface area (TPSA) is 106 Å². The number of hydrogen-bond donors (Lipinski definition) is 2. The van der Waals surface area contributed by atoms with Crippen molar-refractivity contribution in [1.82, 2.24) is 14.9 Å². The van der Waals surface area contributed by atoms with Gasteiger partial charge in [0.05, 0.1) is 25.9 Å². The molecule has 9 nitrogen and oxygen atoms in total. The van der Waals surface area contributed by atoms with Crippen molar-refractivity contribution < 1.29 is 14.3 Å². The lowest BCUT2D eigenvalue weighted by molar-refractivity contribution is -0.0795. The molecular weight excluding hydrogens is 324 g/mol. The summed E-state index contributed by atoms with van der Waals surface area (Å²) in [5.41, 5.74) is 4.98. The van der Waals surface area contributed by atoms with Crippen LogP contribution < -0.4 is 16.0 Å². The Hall–Kier alpha value is -2.13. The van der Waals surface area contributed by atoms with Crippen LogP contribution in [0.1, 0.15) is 12.8 Å². The molecule has 0 aliphatic carbocycles. The maximum atomic E-state index is 11.5. The zero-order chi connectivity index (χ0) is 17.9. The molecule has 9 heteroatoms. The lowest BCUT2D eigenvalue weighted by Gasteiger charge is -2.31. The van der Waals surface area contributed by atoms with Gasteiger partial charge in [-0.25, -0.2) is 14.8 Å². The van der Waals surface area contributed by atoms with Crippen LogP contribution in [0.5, 0.6) is 0 Å². The molecule has 0 bridgehead atoms. The van der Waals surface area contributed by atoms with Crippen molar-refractivity contribution in [2.45, 2.75) is 24.5 Å². The van der Waals surface area contributed by atoms with E-state index < -0.39 is 11.6 Å². The SMILES string of the molecule is CN(C)c1cc(NCC2CCC3(COCCN(C(N)=O)C3)O2)ncn1. The molecule has 2 saturated heterocycles. The van der Waals surface area contributed by atoms with E-state index in [9.17, 15) is 4.79 Å². The Balaban J connectivity index is 1.57. The summed E-state index contributed by atoms with van der Waals surface area (Å²) in [6.45, 7) is 2.62. The monoisotopic (exact) mass is 350 g/mol. The zero-order valence-corrected chi connectivity index (χ0v) is 14.8. The quantitative estimate of drug-likeness (QED) is 0.803. The molecule has 2 unspecified atom stereocenters. The van der Waals surface area contributed by atoms with Crippen molar-refractivity contribution >= 4 is 17.7 Å². The fraction of sp³-hybridized carbons (Fsp3) is 0.688. The Morgan fingerprint density at radius 2 is 2.36 bits per heavy atom. The molecule has 25 heavy (non-hydrogen) atoms. The minimum atomic E-state index is -0.460. The van der Waals surface area contributed by atoms with E-state index in [-0.39, 0.29) is 6.10 Å². The van der Waals surface area contributed by atoms with Crippen molar-refractivity contribution in [3.8, 4) is 0 Å². The van der Waals surface area contributed by atoms with Gasteiger partial charge in [0.15, 0.2) is 0 Å². The molecule has 1 aromatic heterocycles. The highest BCUT2D eigenvalue weighted by Gasteiger charge is 2.43. The molecule has 2 fully saturated rings. The van der Waals surface area contributed by atoms with Crippen LogP contribution in [0.2, 0.25) is 0 Å². The molecule has 1 spiro atoms. The van der Waals surface area contributed by atoms with Crippen molar-refractivity contribution in [2.75, 3.05) is 57.2 Å². The minimum absolute atomic E-state index is 0.0363. The number of aromatic nitrogens is 2. The fourth-order valence-electron chi connectivity index (χ4n) is 3.26. The highest BCUT2D eigenvalue weighted by molar-refractivity contribution is 5.72. The average Bonchev–Trinajstić information content (AvgIpc) is 2.86. The van der Waals surface area contributed by atoms with Gasteiger partial charge < -0.3 is 30.3 Å². The van der Waals surface area contributed by atoms with E-state index in [0.29, 0.717) is 32.8 Å². The van der Waals surface area contributed by atoms with Gasteiger partial charge in [0.1, 0.15) is 23.6 Å². The van der Waals surface area contributed by atoms with Gasteiger partial charge in [0, 0.05) is 33.3 Å². The molecule has 0 saturated carbocycles. The van der Waals surface area contributed by atoms with Gasteiger partial charge in [-0.15, -0.1) is 0 Å². The summed E-state index contributed by atoms with van der Waals surface area (Å²) < 4.78 is 11.9. The number of urea groups is 1. The number of carbonyl (C=O) groups is 1. The van der Waals surface area contributed by atoms with E-state index in [1.54, 1.807) is 11.2 Å². The highest BCUT2D eigenvalue weighted by atomic mass is 16.6. The molecule has 3 rings (SSSR count). The first kappa shape index (κ1) is 17.7. The summed E-state index contributed by atoms with van der Waals surface area (Å²) in [5.74, 6) is 1.61. The molecule has 2 atom stereocenters. The van der Waals surface area contributed by atoms with Crippen molar-refractivity contribution in [3.63, 3.8) is 0 Å². The largest absolute Gasteiger partial charge is 0.377 e. The van der Waals surface area contributed by atoms with Gasteiger partial charge in [-0.2, -0.15) is 0 Å². The second-order valence-electron chi connectivity index (χ2n) is 6.81. The van der Waals surface area contributed by atoms with Gasteiger partial charge in [-0.3, -0.25) is 0 Å². The summed E-state index contributed by atoms with van der Waals surface area (Å²) in [7, 11) is 3.87. The molecule has 2 amide bonds. The Morgan fingerprint density at radius 1 is 1.52 bits per heavy atom. The summed E-state index contributed by atoms with van der Waals surface area (Å²) >= 11 is 0. The van der Waals surface area contributed by atoms with Gasteiger partial charge in [-0.05, 0) is 12.8 Å². The van der Waals surface area contributed by atoms with Gasteiger partial charge in [-0.1, -0.05) is 0 Å². The second kappa shape index (κ2) is 7.40. The number of amides is 2. The molecule has 2 aliphatic rings. The smallest absolute Gasteiger partial charge is 0.314 e. The molecule has 3 N–H and O–H groups in total. The Kier molecular flexibility index (Phi) is 5.24. The molecule has 3 heterocycles. The first-order valence-electron chi connectivity index (χ1n) is 8.51. The number of nitrogens with two attached hydrogens (primary N) is 1. The van der Waals surface area contributed by atoms with Crippen LogP contribution in [-0.4, -0.2) is 79.5 Å². The van der Waals surface area contributed by atoms with Crippen LogP contribution in [-0.2, 0) is 9.47 Å². The maximum absolute atomic E-state index is 11.5. The van der Waals surface area contributed by atoms with Crippen molar-refractivity contribution in [3.05, 3.63) is 12.4 Å². The molecule has 0 aromatic carbocycles. The lowest BCUT2D eigenvalue weighted by atomic mass is 10.0. The Morgan fingerprint density at radius 3 is 3.12 bits per heavy atom. The van der Waals surface area contributed by atoms with Crippen molar-refractivity contribution in [1.29, 1.82) is 0 Å². The van der Waals surface area contributed by atoms with E-state index in [4.69, 9.17) is 15.2 Å². The summed E-state index contributed by atoms with van der Waals surface area (Å²) in [6, 6.07) is 1.47. The molecular formula is C16H26N6O3. The van der Waals surface area contributed by atoms with Crippen molar-refractivity contribution in [2.24, 2.45) is 5.73 Å². The van der Waals surface area contributed by atoms with Crippen LogP contribution in [0.3, 0.4) is 0 Å². The number of rotatable bonds is 4. The fourth-order valence-corrected chi connectivity index (χ4v) is 3.26. The predicted molar refractivity (Wildman–Crippen MR) is 93.7 cm³/mol. The van der Waals surface area contributed by atoms with Crippen LogP contribution in [0.4, 0.5) is 16.4 Å². The number of nitrogens with zero attached hydrogens (tertiary/aromatic N) is 4. The molecule has 0 radical (unpaired) electrons. The maximum Gasteiger partial charge on any atom is 0.314 e. The van der Waals surface area contributed by atoms with Crippen LogP contribution in [0.25, 0.3) is 0 Å². The average molecular weight is 350 g/mol. The first-order chi connectivity index (χ1) is 12.0. The predicted octanol–water partition coefficient (Wildman–Crippen LogP) is 0.283. The highest BCUT2D eigenvalue weighted by Crippen LogP contribution is 2.33. The summed E-state index contributed by atoms with van der Waals surface area (Å²) in [6.07, 6.45) is 3.32.